The Morgan fingerprint density at radius 3 is 2.22 bits per heavy atom. The van der Waals surface area contributed by atoms with Crippen LogP contribution in [0.15, 0.2) is 47.5 Å². The molecular formula is C19H24N4O3S. The summed E-state index contributed by atoms with van der Waals surface area (Å²) in [5, 5.41) is 0. The lowest BCUT2D eigenvalue weighted by Gasteiger charge is -2.33. The zero-order chi connectivity index (χ0) is 19.4. The number of nitrogens with zero attached hydrogens (tertiary/aromatic N) is 3. The van der Waals surface area contributed by atoms with Crippen LogP contribution in [0.25, 0.3) is 0 Å². The Labute approximate surface area is 160 Å². The number of piperazine rings is 1. The third-order valence-corrected chi connectivity index (χ3v) is 6.04. The molecule has 27 heavy (non-hydrogen) atoms. The number of pyridine rings is 1. The Kier molecular flexibility index (Phi) is 5.65. The van der Waals surface area contributed by atoms with Crippen LogP contribution in [0.3, 0.4) is 0 Å². The minimum Gasteiger partial charge on any atom is -0.353 e. The van der Waals surface area contributed by atoms with E-state index in [1.807, 2.05) is 12.1 Å². The van der Waals surface area contributed by atoms with Gasteiger partial charge < -0.3 is 9.80 Å². The molecule has 1 fully saturated rings. The number of hydrogen-bond donors (Lipinski definition) is 1. The smallest absolute Gasteiger partial charge is 0.261 e. The quantitative estimate of drug-likeness (QED) is 0.768. The first-order chi connectivity index (χ1) is 12.9. The molecule has 0 unspecified atom stereocenters. The Morgan fingerprint density at radius 1 is 1.04 bits per heavy atom. The number of hydrogen-bond acceptors (Lipinski definition) is 5. The highest BCUT2D eigenvalue weighted by Crippen LogP contribution is 2.21. The van der Waals surface area contributed by atoms with E-state index in [0.29, 0.717) is 37.8 Å². The molecule has 1 N–H and O–H groups in total. The average molecular weight is 388 g/mol. The highest BCUT2D eigenvalue weighted by molar-refractivity contribution is 7.92. The monoisotopic (exact) mass is 388 g/mol. The summed E-state index contributed by atoms with van der Waals surface area (Å²) in [6.07, 6.45) is 2.37. The van der Waals surface area contributed by atoms with Crippen molar-refractivity contribution < 1.29 is 13.2 Å². The van der Waals surface area contributed by atoms with Crippen LogP contribution in [-0.2, 0) is 14.8 Å². The van der Waals surface area contributed by atoms with Gasteiger partial charge in [-0.3, -0.25) is 9.52 Å². The molecule has 0 radical (unpaired) electrons. The maximum atomic E-state index is 12.6. The maximum absolute atomic E-state index is 12.6. The van der Waals surface area contributed by atoms with Crippen LogP contribution in [0.1, 0.15) is 25.3 Å². The van der Waals surface area contributed by atoms with Gasteiger partial charge in [-0.25, -0.2) is 13.4 Å². The van der Waals surface area contributed by atoms with Gasteiger partial charge in [0.15, 0.2) is 0 Å². The average Bonchev–Trinajstić information content (AvgIpc) is 2.68. The van der Waals surface area contributed by atoms with Gasteiger partial charge in [-0.1, -0.05) is 26.0 Å². The number of aromatic nitrogens is 1. The van der Waals surface area contributed by atoms with Crippen molar-refractivity contribution >= 4 is 27.9 Å². The van der Waals surface area contributed by atoms with Gasteiger partial charge in [-0.15, -0.1) is 0 Å². The van der Waals surface area contributed by atoms with Crippen LogP contribution < -0.4 is 9.62 Å². The number of rotatable bonds is 6. The first kappa shape index (κ1) is 19.2. The van der Waals surface area contributed by atoms with E-state index in [1.165, 1.54) is 6.20 Å². The zero-order valence-corrected chi connectivity index (χ0v) is 16.3. The van der Waals surface area contributed by atoms with Crippen LogP contribution >= 0.6 is 0 Å². The summed E-state index contributed by atoms with van der Waals surface area (Å²) in [5.41, 5.74) is 1.51. The molecule has 2 aromatic rings. The molecule has 0 saturated carbocycles. The number of anilines is 2. The van der Waals surface area contributed by atoms with E-state index in [-0.39, 0.29) is 4.90 Å². The van der Waals surface area contributed by atoms with Crippen molar-refractivity contribution in [3.8, 4) is 0 Å². The summed E-state index contributed by atoms with van der Waals surface area (Å²) in [6, 6.07) is 10.4. The third-order valence-electron chi connectivity index (χ3n) is 4.64. The topological polar surface area (TPSA) is 82.6 Å². The Bertz CT molecular complexity index is 872. The maximum Gasteiger partial charge on any atom is 0.261 e. The van der Waals surface area contributed by atoms with Crippen molar-refractivity contribution in [1.29, 1.82) is 0 Å². The van der Waals surface area contributed by atoms with E-state index in [9.17, 15) is 13.2 Å². The molecule has 7 nitrogen and oxygen atoms in total. The molecule has 8 heteroatoms. The molecule has 1 aliphatic rings. The van der Waals surface area contributed by atoms with Crippen LogP contribution in [0.2, 0.25) is 0 Å². The number of carbonyl (C=O) groups is 1. The highest BCUT2D eigenvalue weighted by atomic mass is 32.2. The Balaban J connectivity index is 1.67. The number of carbonyl (C=O) groups excluding carboxylic acids is 1. The molecule has 2 heterocycles. The van der Waals surface area contributed by atoms with Crippen molar-refractivity contribution in [2.45, 2.75) is 24.7 Å². The molecule has 1 amide bonds. The molecule has 3 rings (SSSR count). The zero-order valence-electron chi connectivity index (χ0n) is 15.5. The van der Waals surface area contributed by atoms with Gasteiger partial charge in [0.25, 0.3) is 10.0 Å². The summed E-state index contributed by atoms with van der Waals surface area (Å²) in [4.78, 5) is 19.2. The number of amides is 1. The third kappa shape index (κ3) is 4.57. The lowest BCUT2D eigenvalue weighted by molar-refractivity contribution is -0.118. The van der Waals surface area contributed by atoms with E-state index in [4.69, 9.17) is 0 Å². The van der Waals surface area contributed by atoms with Crippen LogP contribution in [0.4, 0.5) is 11.5 Å². The van der Waals surface area contributed by atoms with Crippen LogP contribution in [0, 0.1) is 0 Å². The minimum absolute atomic E-state index is 0.223. The molecule has 1 aromatic heterocycles. The highest BCUT2D eigenvalue weighted by Gasteiger charge is 2.18. The lowest BCUT2D eigenvalue weighted by Crippen LogP contribution is -2.46. The summed E-state index contributed by atoms with van der Waals surface area (Å²) in [6.45, 7) is 6.86. The SMILES string of the molecule is CC(C)c1ccc(S(=O)(=O)Nc2ccc(N3CCN(C=O)CC3)nc2)cc1. The molecule has 1 aliphatic heterocycles. The largest absolute Gasteiger partial charge is 0.353 e. The van der Waals surface area contributed by atoms with E-state index >= 15 is 0 Å². The second-order valence-corrected chi connectivity index (χ2v) is 8.55. The van der Waals surface area contributed by atoms with E-state index in [0.717, 1.165) is 17.8 Å². The first-order valence-electron chi connectivity index (χ1n) is 8.92. The molecule has 144 valence electrons. The normalized spacial score (nSPS) is 15.1. The van der Waals surface area contributed by atoms with Crippen molar-refractivity contribution in [2.75, 3.05) is 35.8 Å². The van der Waals surface area contributed by atoms with Gasteiger partial charge in [0.1, 0.15) is 5.82 Å². The number of sulfonamides is 1. The number of benzene rings is 1. The van der Waals surface area contributed by atoms with Crippen molar-refractivity contribution in [3.63, 3.8) is 0 Å². The Hall–Kier alpha value is -2.61. The molecule has 0 bridgehead atoms. The molecule has 0 atom stereocenters. The first-order valence-corrected chi connectivity index (χ1v) is 10.4. The van der Waals surface area contributed by atoms with E-state index < -0.39 is 10.0 Å². The van der Waals surface area contributed by atoms with Gasteiger partial charge >= 0.3 is 0 Å². The predicted molar refractivity (Wildman–Crippen MR) is 105 cm³/mol. The molecular weight excluding hydrogens is 364 g/mol. The molecule has 1 aromatic carbocycles. The summed E-state index contributed by atoms with van der Waals surface area (Å²) < 4.78 is 27.7. The molecule has 0 aliphatic carbocycles. The Morgan fingerprint density at radius 2 is 1.70 bits per heavy atom. The predicted octanol–water partition coefficient (Wildman–Crippen LogP) is 2.28. The summed E-state index contributed by atoms with van der Waals surface area (Å²) in [7, 11) is -3.65. The summed E-state index contributed by atoms with van der Waals surface area (Å²) >= 11 is 0. The van der Waals surface area contributed by atoms with Crippen molar-refractivity contribution in [2.24, 2.45) is 0 Å². The lowest BCUT2D eigenvalue weighted by atomic mass is 10.0. The fraction of sp³-hybridized carbons (Fsp3) is 0.368. The van der Waals surface area contributed by atoms with Gasteiger partial charge in [-0.05, 0) is 35.7 Å². The minimum atomic E-state index is -3.65. The second kappa shape index (κ2) is 7.96. The van der Waals surface area contributed by atoms with E-state index in [2.05, 4.69) is 28.5 Å². The molecule has 0 spiro atoms. The fourth-order valence-corrected chi connectivity index (χ4v) is 3.98. The van der Waals surface area contributed by atoms with Gasteiger partial charge in [0.2, 0.25) is 6.41 Å². The molecule has 1 saturated heterocycles. The fourth-order valence-electron chi connectivity index (χ4n) is 2.94. The van der Waals surface area contributed by atoms with Crippen LogP contribution in [-0.4, -0.2) is 50.9 Å². The van der Waals surface area contributed by atoms with Gasteiger partial charge in [-0.2, -0.15) is 0 Å². The van der Waals surface area contributed by atoms with Gasteiger partial charge in [0.05, 0.1) is 16.8 Å². The number of nitrogens with one attached hydrogen (secondary N) is 1. The summed E-state index contributed by atoms with van der Waals surface area (Å²) in [5.74, 6) is 1.12. The van der Waals surface area contributed by atoms with E-state index in [1.54, 1.807) is 29.2 Å². The standard InChI is InChI=1S/C19H24N4O3S/c1-15(2)16-3-6-18(7-4-16)27(25,26)21-17-5-8-19(20-13-17)23-11-9-22(14-24)10-12-23/h3-8,13-15,21H,9-12H2,1-2H3. The van der Waals surface area contributed by atoms with Gasteiger partial charge in [0, 0.05) is 26.2 Å². The second-order valence-electron chi connectivity index (χ2n) is 6.86. The van der Waals surface area contributed by atoms with Crippen LogP contribution in [0.5, 0.6) is 0 Å². The van der Waals surface area contributed by atoms with Crippen molar-refractivity contribution in [3.05, 3.63) is 48.2 Å². The van der Waals surface area contributed by atoms with Crippen molar-refractivity contribution in [1.82, 2.24) is 9.88 Å².